The number of hydrogen-bond donors (Lipinski definition) is 0. The van der Waals surface area contributed by atoms with E-state index in [-0.39, 0.29) is 10.0 Å². The molecule has 1 aromatic carbocycles. The number of aryl methyl sites for hydroxylation is 1. The Morgan fingerprint density at radius 2 is 2.00 bits per heavy atom. The molecule has 0 fully saturated rings. The molecule has 0 atom stereocenters. The molecule has 6 heteroatoms. The summed E-state index contributed by atoms with van der Waals surface area (Å²) in [7, 11) is -2.01. The van der Waals surface area contributed by atoms with Crippen LogP contribution in [0, 0.1) is 6.92 Å². The SMILES string of the molecule is Cc1cccc(CN(C)S(=O)(=O)c2ccc(Cl)nc2)c1. The van der Waals surface area contributed by atoms with Gasteiger partial charge in [0.05, 0.1) is 0 Å². The maximum absolute atomic E-state index is 12.4. The van der Waals surface area contributed by atoms with Crippen molar-refractivity contribution >= 4 is 21.6 Å². The molecule has 0 N–H and O–H groups in total. The topological polar surface area (TPSA) is 50.3 Å². The molecule has 0 bridgehead atoms. The average molecular weight is 311 g/mol. The lowest BCUT2D eigenvalue weighted by atomic mass is 10.1. The van der Waals surface area contributed by atoms with Crippen LogP contribution in [0.1, 0.15) is 11.1 Å². The first-order valence-electron chi connectivity index (χ1n) is 6.03. The highest BCUT2D eigenvalue weighted by Gasteiger charge is 2.21. The number of benzene rings is 1. The number of rotatable bonds is 4. The largest absolute Gasteiger partial charge is 0.244 e. The van der Waals surface area contributed by atoms with Crippen LogP contribution in [-0.2, 0) is 16.6 Å². The van der Waals surface area contributed by atoms with Gasteiger partial charge in [0, 0.05) is 19.8 Å². The van der Waals surface area contributed by atoms with Gasteiger partial charge in [0.2, 0.25) is 10.0 Å². The van der Waals surface area contributed by atoms with Gasteiger partial charge in [-0.3, -0.25) is 0 Å². The summed E-state index contributed by atoms with van der Waals surface area (Å²) in [6.07, 6.45) is 1.27. The van der Waals surface area contributed by atoms with Gasteiger partial charge < -0.3 is 0 Å². The maximum Gasteiger partial charge on any atom is 0.244 e. The molecule has 0 amide bonds. The zero-order chi connectivity index (χ0) is 14.8. The Morgan fingerprint density at radius 1 is 1.25 bits per heavy atom. The van der Waals surface area contributed by atoms with E-state index in [0.717, 1.165) is 11.1 Å². The van der Waals surface area contributed by atoms with Crippen molar-refractivity contribution in [1.29, 1.82) is 0 Å². The summed E-state index contributed by atoms with van der Waals surface area (Å²) >= 11 is 5.67. The quantitative estimate of drug-likeness (QED) is 0.816. The van der Waals surface area contributed by atoms with E-state index in [4.69, 9.17) is 11.6 Å². The fraction of sp³-hybridized carbons (Fsp3) is 0.214. The lowest BCUT2D eigenvalue weighted by Gasteiger charge is -2.17. The molecular weight excluding hydrogens is 296 g/mol. The Labute approximate surface area is 124 Å². The van der Waals surface area contributed by atoms with Crippen LogP contribution in [-0.4, -0.2) is 24.8 Å². The van der Waals surface area contributed by atoms with Gasteiger partial charge in [-0.25, -0.2) is 13.4 Å². The van der Waals surface area contributed by atoms with E-state index in [2.05, 4.69) is 4.98 Å². The summed E-state index contributed by atoms with van der Waals surface area (Å²) in [5.41, 5.74) is 2.04. The molecule has 0 aliphatic carbocycles. The van der Waals surface area contributed by atoms with Crippen molar-refractivity contribution in [3.63, 3.8) is 0 Å². The number of aromatic nitrogens is 1. The molecule has 1 aromatic heterocycles. The minimum atomic E-state index is -3.55. The Balaban J connectivity index is 2.23. The molecule has 0 saturated heterocycles. The molecular formula is C14H15ClN2O2S. The van der Waals surface area contributed by atoms with Crippen LogP contribution in [0.15, 0.2) is 47.5 Å². The summed E-state index contributed by atoms with van der Waals surface area (Å²) in [4.78, 5) is 3.94. The normalized spacial score (nSPS) is 11.8. The minimum Gasteiger partial charge on any atom is -0.243 e. The molecule has 2 rings (SSSR count). The second-order valence-corrected chi connectivity index (χ2v) is 7.00. The van der Waals surface area contributed by atoms with Gasteiger partial charge in [-0.15, -0.1) is 0 Å². The van der Waals surface area contributed by atoms with E-state index in [0.29, 0.717) is 6.54 Å². The Hall–Kier alpha value is -1.43. The van der Waals surface area contributed by atoms with Gasteiger partial charge in [-0.05, 0) is 24.6 Å². The molecule has 0 aliphatic rings. The van der Waals surface area contributed by atoms with Crippen LogP contribution in [0.4, 0.5) is 0 Å². The van der Waals surface area contributed by atoms with Crippen molar-refractivity contribution in [1.82, 2.24) is 9.29 Å². The summed E-state index contributed by atoms with van der Waals surface area (Å²) in [5, 5.41) is 0.269. The van der Waals surface area contributed by atoms with Crippen LogP contribution in [0.5, 0.6) is 0 Å². The van der Waals surface area contributed by atoms with E-state index in [9.17, 15) is 8.42 Å². The number of hydrogen-bond acceptors (Lipinski definition) is 3. The van der Waals surface area contributed by atoms with Crippen molar-refractivity contribution in [2.24, 2.45) is 0 Å². The van der Waals surface area contributed by atoms with E-state index < -0.39 is 10.0 Å². The third-order valence-corrected chi connectivity index (χ3v) is 4.91. The fourth-order valence-corrected chi connectivity index (χ4v) is 3.06. The third kappa shape index (κ3) is 3.36. The Morgan fingerprint density at radius 3 is 2.60 bits per heavy atom. The number of nitrogens with zero attached hydrogens (tertiary/aromatic N) is 2. The first-order valence-corrected chi connectivity index (χ1v) is 7.85. The molecule has 1 heterocycles. The minimum absolute atomic E-state index is 0.136. The van der Waals surface area contributed by atoms with Crippen molar-refractivity contribution < 1.29 is 8.42 Å². The molecule has 2 aromatic rings. The second kappa shape index (κ2) is 5.91. The molecule has 20 heavy (non-hydrogen) atoms. The lowest BCUT2D eigenvalue weighted by molar-refractivity contribution is 0.466. The highest BCUT2D eigenvalue weighted by atomic mass is 35.5. The number of sulfonamides is 1. The van der Waals surface area contributed by atoms with Gasteiger partial charge in [0.1, 0.15) is 10.0 Å². The molecule has 0 unspecified atom stereocenters. The summed E-state index contributed by atoms with van der Waals surface area (Å²) in [6.45, 7) is 2.29. The highest BCUT2D eigenvalue weighted by Crippen LogP contribution is 2.17. The van der Waals surface area contributed by atoms with E-state index in [1.807, 2.05) is 31.2 Å². The zero-order valence-electron chi connectivity index (χ0n) is 11.2. The van der Waals surface area contributed by atoms with Crippen LogP contribution in [0.3, 0.4) is 0 Å². The highest BCUT2D eigenvalue weighted by molar-refractivity contribution is 7.89. The molecule has 0 saturated carbocycles. The molecule has 0 spiro atoms. The summed E-state index contributed by atoms with van der Waals surface area (Å²) in [6, 6.07) is 10.7. The predicted octanol–water partition coefficient (Wildman–Crippen LogP) is 2.86. The summed E-state index contributed by atoms with van der Waals surface area (Å²) in [5.74, 6) is 0. The van der Waals surface area contributed by atoms with E-state index in [1.54, 1.807) is 7.05 Å². The molecule has 0 aliphatic heterocycles. The second-order valence-electron chi connectivity index (χ2n) is 4.57. The van der Waals surface area contributed by atoms with Crippen LogP contribution < -0.4 is 0 Å². The molecule has 0 radical (unpaired) electrons. The lowest BCUT2D eigenvalue weighted by Crippen LogP contribution is -2.26. The Bertz CT molecular complexity index is 699. The smallest absolute Gasteiger partial charge is 0.243 e. The van der Waals surface area contributed by atoms with E-state index >= 15 is 0 Å². The first-order chi connectivity index (χ1) is 9.39. The van der Waals surface area contributed by atoms with Gasteiger partial charge in [0.25, 0.3) is 0 Å². The maximum atomic E-state index is 12.4. The van der Waals surface area contributed by atoms with Crippen molar-refractivity contribution in [3.05, 3.63) is 58.9 Å². The first kappa shape index (κ1) is 15.0. The van der Waals surface area contributed by atoms with Gasteiger partial charge in [-0.1, -0.05) is 41.4 Å². The van der Waals surface area contributed by atoms with Gasteiger partial charge >= 0.3 is 0 Å². The van der Waals surface area contributed by atoms with Crippen molar-refractivity contribution in [2.75, 3.05) is 7.05 Å². The monoisotopic (exact) mass is 310 g/mol. The number of halogens is 1. The van der Waals surface area contributed by atoms with Crippen molar-refractivity contribution in [2.45, 2.75) is 18.4 Å². The zero-order valence-corrected chi connectivity index (χ0v) is 12.8. The number of pyridine rings is 1. The van der Waals surface area contributed by atoms with E-state index in [1.165, 1.54) is 22.6 Å². The standard InChI is InChI=1S/C14H15ClN2O2S/c1-11-4-3-5-12(8-11)10-17(2)20(18,19)13-6-7-14(15)16-9-13/h3-9H,10H2,1-2H3. The fourth-order valence-electron chi connectivity index (χ4n) is 1.85. The van der Waals surface area contributed by atoms with Gasteiger partial charge in [-0.2, -0.15) is 4.31 Å². The van der Waals surface area contributed by atoms with Crippen LogP contribution >= 0.6 is 11.6 Å². The van der Waals surface area contributed by atoms with Gasteiger partial charge in [0.15, 0.2) is 0 Å². The Kier molecular flexibility index (Phi) is 4.42. The molecule has 106 valence electrons. The van der Waals surface area contributed by atoms with Crippen molar-refractivity contribution in [3.8, 4) is 0 Å². The molecule has 4 nitrogen and oxygen atoms in total. The van der Waals surface area contributed by atoms with Crippen LogP contribution in [0.25, 0.3) is 0 Å². The predicted molar refractivity (Wildman–Crippen MR) is 79.1 cm³/mol. The van der Waals surface area contributed by atoms with Crippen LogP contribution in [0.2, 0.25) is 5.15 Å². The third-order valence-electron chi connectivity index (χ3n) is 2.90. The average Bonchev–Trinajstić information content (AvgIpc) is 2.39. The summed E-state index contributed by atoms with van der Waals surface area (Å²) < 4.78 is 26.0.